The third-order valence-electron chi connectivity index (χ3n) is 2.14. The molecule has 0 fully saturated rings. The zero-order chi connectivity index (χ0) is 15.5. The molecule has 1 unspecified atom stereocenters. The molecule has 0 spiro atoms. The molecular weight excluding hydrogens is 315 g/mol. The number of rotatable bonds is 5. The van der Waals surface area contributed by atoms with Crippen LogP contribution >= 0.6 is 0 Å². The minimum absolute atomic E-state index is 0. The summed E-state index contributed by atoms with van der Waals surface area (Å²) >= 11 is 0. The average molecular weight is 328 g/mol. The Morgan fingerprint density at radius 2 is 1.76 bits per heavy atom. The molecule has 8 nitrogen and oxygen atoms in total. The predicted molar refractivity (Wildman–Crippen MR) is 72.3 cm³/mol. The van der Waals surface area contributed by atoms with Gasteiger partial charge in [0.15, 0.2) is 0 Å². The molecule has 0 radical (unpaired) electrons. The fourth-order valence-corrected chi connectivity index (χ4v) is 1.82. The summed E-state index contributed by atoms with van der Waals surface area (Å²) in [5.74, 6) is -2.49. The van der Waals surface area contributed by atoms with Crippen LogP contribution in [0, 0.1) is 0 Å². The number of aromatic carboxylic acids is 1. The number of carbonyl (C=O) groups is 2. The second-order valence-corrected chi connectivity index (χ2v) is 5.40. The fourth-order valence-electron chi connectivity index (χ4n) is 1.27. The average Bonchev–Trinajstić information content (AvgIpc) is 2.34. The van der Waals surface area contributed by atoms with Gasteiger partial charge in [0.2, 0.25) is 0 Å². The number of ether oxygens (including phenoxy) is 1. The maximum atomic E-state index is 11.6. The Bertz CT molecular complexity index is 638. The number of aliphatic hydroxyl groups is 1. The van der Waals surface area contributed by atoms with E-state index in [2.05, 4.69) is 4.74 Å². The van der Waals surface area contributed by atoms with Gasteiger partial charge in [-0.05, 0) is 25.1 Å². The van der Waals surface area contributed by atoms with E-state index in [1.54, 1.807) is 0 Å². The first-order valence-electron chi connectivity index (χ1n) is 5.32. The molecule has 3 N–H and O–H groups in total. The molecule has 112 valence electrons. The molecule has 0 aliphatic rings. The van der Waals surface area contributed by atoms with E-state index in [1.165, 1.54) is 6.92 Å². The normalized spacial score (nSPS) is 12.1. The Hall–Kier alpha value is -0.970. The number of aliphatic hydroxyl groups excluding tert-OH is 1. The number of benzene rings is 1. The van der Waals surface area contributed by atoms with E-state index in [9.17, 15) is 18.0 Å². The summed E-state index contributed by atoms with van der Waals surface area (Å²) in [5.41, 5.74) is -0.859. The van der Waals surface area contributed by atoms with Crippen molar-refractivity contribution in [1.29, 1.82) is 0 Å². The van der Waals surface area contributed by atoms with Gasteiger partial charge < -0.3 is 14.9 Å². The van der Waals surface area contributed by atoms with Gasteiger partial charge in [-0.3, -0.25) is 4.55 Å². The van der Waals surface area contributed by atoms with Crippen molar-refractivity contribution in [3.05, 3.63) is 29.3 Å². The van der Waals surface area contributed by atoms with Crippen molar-refractivity contribution in [3.8, 4) is 0 Å². The van der Waals surface area contributed by atoms with E-state index in [0.29, 0.717) is 6.07 Å². The van der Waals surface area contributed by atoms with Crippen LogP contribution in [-0.4, -0.2) is 77.4 Å². The summed E-state index contributed by atoms with van der Waals surface area (Å²) in [6.45, 7) is 1.03. The maximum absolute atomic E-state index is 11.6. The Labute approximate surface area is 142 Å². The number of esters is 1. The summed E-state index contributed by atoms with van der Waals surface area (Å²) < 4.78 is 35.6. The van der Waals surface area contributed by atoms with Gasteiger partial charge in [0.25, 0.3) is 10.1 Å². The van der Waals surface area contributed by atoms with Crippen molar-refractivity contribution in [2.24, 2.45) is 0 Å². The second-order valence-electron chi connectivity index (χ2n) is 3.97. The zero-order valence-corrected chi connectivity index (χ0v) is 11.1. The molecule has 0 amide bonds. The number of carbonyl (C=O) groups excluding carboxylic acids is 1. The van der Waals surface area contributed by atoms with Gasteiger partial charge in [0.05, 0.1) is 22.1 Å². The van der Waals surface area contributed by atoms with Gasteiger partial charge in [-0.1, -0.05) is 0 Å². The van der Waals surface area contributed by atoms with Crippen LogP contribution in [0.1, 0.15) is 27.6 Å². The minimum atomic E-state index is -4.67. The first kappa shape index (κ1) is 20.0. The van der Waals surface area contributed by atoms with Crippen LogP contribution in [0.4, 0.5) is 0 Å². The van der Waals surface area contributed by atoms with Gasteiger partial charge in [0, 0.05) is 0 Å². The summed E-state index contributed by atoms with van der Waals surface area (Å²) in [7, 11) is -4.67. The van der Waals surface area contributed by atoms with E-state index in [-0.39, 0.29) is 41.7 Å². The van der Waals surface area contributed by atoms with Gasteiger partial charge in [-0.15, -0.1) is 0 Å². The fraction of sp³-hybridized carbons (Fsp3) is 0.273. The molecule has 0 aliphatic carbocycles. The SMILES string of the molecule is CC(O)COC(=O)c1cc(C(=O)O)cc(S(=O)(=O)O)c1.[NaH]. The van der Waals surface area contributed by atoms with Gasteiger partial charge >= 0.3 is 41.5 Å². The van der Waals surface area contributed by atoms with E-state index < -0.39 is 38.6 Å². The molecular formula is C11H13NaO8S. The Kier molecular flexibility index (Phi) is 7.51. The van der Waals surface area contributed by atoms with Crippen molar-refractivity contribution in [3.63, 3.8) is 0 Å². The monoisotopic (exact) mass is 328 g/mol. The Morgan fingerprint density at radius 3 is 2.19 bits per heavy atom. The van der Waals surface area contributed by atoms with Crippen molar-refractivity contribution in [2.45, 2.75) is 17.9 Å². The van der Waals surface area contributed by atoms with Crippen LogP contribution in [-0.2, 0) is 14.9 Å². The molecule has 10 heteroatoms. The molecule has 1 aromatic rings. The van der Waals surface area contributed by atoms with Crippen LogP contribution in [0.25, 0.3) is 0 Å². The zero-order valence-electron chi connectivity index (χ0n) is 10.3. The molecule has 0 bridgehead atoms. The number of hydrogen-bond acceptors (Lipinski definition) is 6. The van der Waals surface area contributed by atoms with Crippen molar-refractivity contribution in [2.75, 3.05) is 6.61 Å². The Morgan fingerprint density at radius 1 is 1.24 bits per heavy atom. The molecule has 1 atom stereocenters. The number of carboxylic acids is 1. The van der Waals surface area contributed by atoms with Crippen molar-refractivity contribution < 1.29 is 37.5 Å². The van der Waals surface area contributed by atoms with E-state index in [1.807, 2.05) is 0 Å². The van der Waals surface area contributed by atoms with Gasteiger partial charge in [0.1, 0.15) is 6.61 Å². The standard InChI is InChI=1S/C11H12O8S.Na.H/c1-6(12)5-19-11(15)8-2-7(10(13)14)3-9(4-8)20(16,17)18;;/h2-4,6,12H,5H2,1H3,(H,13,14)(H,16,17,18);;. The Balaban J connectivity index is 0.00000400. The molecule has 0 saturated carbocycles. The number of hydrogen-bond donors (Lipinski definition) is 3. The third kappa shape index (κ3) is 6.12. The summed E-state index contributed by atoms with van der Waals surface area (Å²) in [6.07, 6.45) is -0.928. The molecule has 1 aromatic carbocycles. The summed E-state index contributed by atoms with van der Waals surface area (Å²) in [5, 5.41) is 17.8. The van der Waals surface area contributed by atoms with Crippen LogP contribution < -0.4 is 0 Å². The van der Waals surface area contributed by atoms with Crippen molar-refractivity contribution >= 4 is 51.6 Å². The van der Waals surface area contributed by atoms with Crippen LogP contribution in [0.5, 0.6) is 0 Å². The molecule has 0 aromatic heterocycles. The van der Waals surface area contributed by atoms with E-state index in [4.69, 9.17) is 14.8 Å². The molecule has 0 saturated heterocycles. The van der Waals surface area contributed by atoms with Crippen LogP contribution in [0.3, 0.4) is 0 Å². The molecule has 21 heavy (non-hydrogen) atoms. The van der Waals surface area contributed by atoms with Crippen LogP contribution in [0.15, 0.2) is 23.1 Å². The molecule has 0 heterocycles. The first-order chi connectivity index (χ1) is 9.11. The summed E-state index contributed by atoms with van der Waals surface area (Å²) in [4.78, 5) is 21.7. The van der Waals surface area contributed by atoms with E-state index in [0.717, 1.165) is 12.1 Å². The third-order valence-corrected chi connectivity index (χ3v) is 2.97. The topological polar surface area (TPSA) is 138 Å². The molecule has 0 aliphatic heterocycles. The summed E-state index contributed by atoms with van der Waals surface area (Å²) in [6, 6.07) is 2.40. The van der Waals surface area contributed by atoms with Crippen molar-refractivity contribution in [1.82, 2.24) is 0 Å². The predicted octanol–water partition coefficient (Wildman–Crippen LogP) is -0.479. The molecule has 1 rings (SSSR count). The van der Waals surface area contributed by atoms with E-state index >= 15 is 0 Å². The quantitative estimate of drug-likeness (QED) is 0.374. The number of carboxylic acid groups (broad SMARTS) is 1. The van der Waals surface area contributed by atoms with Gasteiger partial charge in [-0.2, -0.15) is 8.42 Å². The van der Waals surface area contributed by atoms with Crippen LogP contribution in [0.2, 0.25) is 0 Å². The van der Waals surface area contributed by atoms with Gasteiger partial charge in [-0.25, -0.2) is 9.59 Å². The first-order valence-corrected chi connectivity index (χ1v) is 6.76. The second kappa shape index (κ2) is 7.87.